The van der Waals surface area contributed by atoms with Crippen molar-refractivity contribution in [1.82, 2.24) is 20.5 Å². The number of methoxy groups -OCH3 is 1. The van der Waals surface area contributed by atoms with Crippen LogP contribution in [0.25, 0.3) is 0 Å². The third-order valence-corrected chi connectivity index (χ3v) is 5.31. The number of likely N-dealkylation sites (tertiary alicyclic amines) is 1. The first-order valence-electron chi connectivity index (χ1n) is 10.7. The molecule has 2 heterocycles. The largest absolute Gasteiger partial charge is 0.497 e. The van der Waals surface area contributed by atoms with Gasteiger partial charge in [-0.2, -0.15) is 0 Å². The van der Waals surface area contributed by atoms with Gasteiger partial charge in [0.15, 0.2) is 5.96 Å². The third-order valence-electron chi connectivity index (χ3n) is 5.31. The van der Waals surface area contributed by atoms with Crippen LogP contribution >= 0.6 is 24.0 Å². The molecule has 1 aromatic carbocycles. The zero-order valence-electron chi connectivity index (χ0n) is 18.3. The predicted molar refractivity (Wildman–Crippen MR) is 135 cm³/mol. The van der Waals surface area contributed by atoms with E-state index in [2.05, 4.69) is 31.6 Å². The van der Waals surface area contributed by atoms with Crippen LogP contribution in [0.2, 0.25) is 0 Å². The second-order valence-electron chi connectivity index (χ2n) is 7.52. The molecule has 31 heavy (non-hydrogen) atoms. The van der Waals surface area contributed by atoms with Gasteiger partial charge in [0.25, 0.3) is 0 Å². The van der Waals surface area contributed by atoms with Gasteiger partial charge in [-0.25, -0.2) is 0 Å². The van der Waals surface area contributed by atoms with Crippen LogP contribution in [-0.4, -0.2) is 60.3 Å². The van der Waals surface area contributed by atoms with E-state index in [1.54, 1.807) is 7.11 Å². The molecule has 0 radical (unpaired) electrons. The number of aliphatic hydroxyl groups is 1. The fourth-order valence-corrected chi connectivity index (χ4v) is 3.58. The molecular weight excluding hydrogens is 505 g/mol. The highest BCUT2D eigenvalue weighted by Crippen LogP contribution is 2.18. The van der Waals surface area contributed by atoms with Crippen molar-refractivity contribution in [2.45, 2.75) is 38.5 Å². The molecule has 3 rings (SSSR count). The molecule has 2 aromatic rings. The van der Waals surface area contributed by atoms with Gasteiger partial charge in [0.2, 0.25) is 0 Å². The van der Waals surface area contributed by atoms with Crippen LogP contribution in [0.4, 0.5) is 0 Å². The summed E-state index contributed by atoms with van der Waals surface area (Å²) < 4.78 is 5.17. The molecule has 1 saturated heterocycles. The van der Waals surface area contributed by atoms with E-state index in [1.807, 2.05) is 49.5 Å². The number of nitrogens with zero attached hydrogens (tertiary/aromatic N) is 3. The van der Waals surface area contributed by atoms with Crippen LogP contribution in [0.3, 0.4) is 0 Å². The van der Waals surface area contributed by atoms with E-state index in [4.69, 9.17) is 4.74 Å². The van der Waals surface area contributed by atoms with Gasteiger partial charge in [0.1, 0.15) is 5.75 Å². The maximum atomic E-state index is 10.5. The second-order valence-corrected chi connectivity index (χ2v) is 7.52. The molecule has 0 saturated carbocycles. The summed E-state index contributed by atoms with van der Waals surface area (Å²) in [5.74, 6) is 1.53. The molecule has 1 unspecified atom stereocenters. The van der Waals surface area contributed by atoms with Gasteiger partial charge in [-0.05, 0) is 49.6 Å². The van der Waals surface area contributed by atoms with Crippen molar-refractivity contribution in [2.75, 3.05) is 33.3 Å². The number of nitrogens with one attached hydrogen (secondary N) is 2. The summed E-state index contributed by atoms with van der Waals surface area (Å²) in [6, 6.07) is 13.9. The monoisotopic (exact) mass is 539 g/mol. The maximum absolute atomic E-state index is 10.5. The fourth-order valence-electron chi connectivity index (χ4n) is 3.58. The topological polar surface area (TPSA) is 82.0 Å². The Hall–Kier alpha value is -1.91. The summed E-state index contributed by atoms with van der Waals surface area (Å²) in [5, 5.41) is 17.3. The van der Waals surface area contributed by atoms with Crippen LogP contribution < -0.4 is 15.4 Å². The van der Waals surface area contributed by atoms with Crippen molar-refractivity contribution in [3.05, 3.63) is 59.9 Å². The first kappa shape index (κ1) is 25.4. The molecule has 1 atom stereocenters. The standard InChI is InChI=1S/C23H33N5O2.HI/c1-3-24-23(26-16-22(29)18-7-9-21(30-2)10-8-18)27-19-11-14-28(15-12-19)17-20-6-4-5-13-25-20;/h4-10,13,19,22,29H,3,11-12,14-17H2,1-2H3,(H2,24,26,27);1H. The number of hydrogen-bond donors (Lipinski definition) is 3. The Kier molecular flexibility index (Phi) is 11.0. The highest BCUT2D eigenvalue weighted by molar-refractivity contribution is 14.0. The van der Waals surface area contributed by atoms with Crippen LogP contribution in [0.15, 0.2) is 53.7 Å². The lowest BCUT2D eigenvalue weighted by Crippen LogP contribution is -2.48. The molecule has 1 aliphatic heterocycles. The lowest BCUT2D eigenvalue weighted by Gasteiger charge is -2.32. The van der Waals surface area contributed by atoms with Gasteiger partial charge in [0, 0.05) is 38.4 Å². The number of halogens is 1. The number of aliphatic imine (C=N–C) groups is 1. The number of guanidine groups is 1. The average Bonchev–Trinajstić information content (AvgIpc) is 2.79. The molecule has 3 N–H and O–H groups in total. The van der Waals surface area contributed by atoms with Crippen molar-refractivity contribution < 1.29 is 9.84 Å². The fraction of sp³-hybridized carbons (Fsp3) is 0.478. The van der Waals surface area contributed by atoms with E-state index >= 15 is 0 Å². The van der Waals surface area contributed by atoms with Gasteiger partial charge in [0.05, 0.1) is 25.5 Å². The first-order chi connectivity index (χ1) is 14.7. The molecule has 0 amide bonds. The minimum Gasteiger partial charge on any atom is -0.497 e. The Labute approximate surface area is 202 Å². The summed E-state index contributed by atoms with van der Waals surface area (Å²) in [5.41, 5.74) is 1.95. The van der Waals surface area contributed by atoms with E-state index < -0.39 is 6.10 Å². The second kappa shape index (κ2) is 13.5. The van der Waals surface area contributed by atoms with Gasteiger partial charge in [-0.1, -0.05) is 18.2 Å². The molecule has 0 aliphatic carbocycles. The average molecular weight is 539 g/mol. The molecule has 8 heteroatoms. The van der Waals surface area contributed by atoms with Crippen molar-refractivity contribution in [1.29, 1.82) is 0 Å². The van der Waals surface area contributed by atoms with Crippen LogP contribution in [0.1, 0.15) is 37.1 Å². The molecular formula is C23H34IN5O2. The van der Waals surface area contributed by atoms with Crippen molar-refractivity contribution in [3.8, 4) is 5.75 Å². The zero-order chi connectivity index (χ0) is 21.2. The Balaban J connectivity index is 0.00000341. The van der Waals surface area contributed by atoms with Gasteiger partial charge in [-0.3, -0.25) is 14.9 Å². The number of piperidine rings is 1. The van der Waals surface area contributed by atoms with Gasteiger partial charge < -0.3 is 20.5 Å². The van der Waals surface area contributed by atoms with E-state index in [0.717, 1.165) is 62.0 Å². The van der Waals surface area contributed by atoms with Gasteiger partial charge >= 0.3 is 0 Å². The molecule has 7 nitrogen and oxygen atoms in total. The molecule has 1 fully saturated rings. The van der Waals surface area contributed by atoms with E-state index in [0.29, 0.717) is 12.6 Å². The SMILES string of the molecule is CCNC(=NCC(O)c1ccc(OC)cc1)NC1CCN(Cc2ccccn2)CC1.I. The highest BCUT2D eigenvalue weighted by Gasteiger charge is 2.20. The smallest absolute Gasteiger partial charge is 0.191 e. The summed E-state index contributed by atoms with van der Waals surface area (Å²) in [4.78, 5) is 11.5. The molecule has 1 aliphatic rings. The number of ether oxygens (including phenoxy) is 1. The Morgan fingerprint density at radius 2 is 1.97 bits per heavy atom. The molecule has 170 valence electrons. The van der Waals surface area contributed by atoms with Crippen LogP contribution in [-0.2, 0) is 6.54 Å². The van der Waals surface area contributed by atoms with Crippen molar-refractivity contribution in [2.24, 2.45) is 4.99 Å². The molecule has 0 spiro atoms. The lowest BCUT2D eigenvalue weighted by molar-refractivity contribution is 0.186. The molecule has 0 bridgehead atoms. The normalized spacial score (nSPS) is 16.3. The van der Waals surface area contributed by atoms with E-state index in [-0.39, 0.29) is 24.0 Å². The Bertz CT molecular complexity index is 780. The Morgan fingerprint density at radius 3 is 2.58 bits per heavy atom. The number of benzene rings is 1. The van der Waals surface area contributed by atoms with Crippen molar-refractivity contribution in [3.63, 3.8) is 0 Å². The highest BCUT2D eigenvalue weighted by atomic mass is 127. The van der Waals surface area contributed by atoms with E-state index in [9.17, 15) is 5.11 Å². The number of rotatable bonds is 8. The lowest BCUT2D eigenvalue weighted by atomic mass is 10.0. The number of hydrogen-bond acceptors (Lipinski definition) is 5. The molecule has 1 aromatic heterocycles. The van der Waals surface area contributed by atoms with Crippen LogP contribution in [0.5, 0.6) is 5.75 Å². The zero-order valence-corrected chi connectivity index (χ0v) is 20.7. The van der Waals surface area contributed by atoms with E-state index in [1.165, 1.54) is 0 Å². The van der Waals surface area contributed by atoms with Gasteiger partial charge in [-0.15, -0.1) is 24.0 Å². The minimum atomic E-state index is -0.647. The quantitative estimate of drug-likeness (QED) is 0.272. The number of aromatic nitrogens is 1. The van der Waals surface area contributed by atoms with Crippen molar-refractivity contribution >= 4 is 29.9 Å². The number of aliphatic hydroxyl groups excluding tert-OH is 1. The first-order valence-corrected chi connectivity index (χ1v) is 10.7. The maximum Gasteiger partial charge on any atom is 0.191 e. The van der Waals surface area contributed by atoms with Crippen LogP contribution in [0, 0.1) is 0 Å². The predicted octanol–water partition coefficient (Wildman–Crippen LogP) is 2.96. The minimum absolute atomic E-state index is 0. The number of pyridine rings is 1. The third kappa shape index (κ3) is 8.27. The summed E-state index contributed by atoms with van der Waals surface area (Å²) in [6.07, 6.45) is 3.31. The Morgan fingerprint density at radius 1 is 1.23 bits per heavy atom. The summed E-state index contributed by atoms with van der Waals surface area (Å²) in [6.45, 7) is 6.09. The summed E-state index contributed by atoms with van der Waals surface area (Å²) >= 11 is 0. The summed E-state index contributed by atoms with van der Waals surface area (Å²) in [7, 11) is 1.63.